The molecule has 1 aromatic rings. The van der Waals surface area contributed by atoms with Crippen LogP contribution < -0.4 is 5.32 Å². The molecule has 0 amide bonds. The van der Waals surface area contributed by atoms with Gasteiger partial charge in [0.25, 0.3) is 0 Å². The molecule has 0 saturated carbocycles. The van der Waals surface area contributed by atoms with Gasteiger partial charge >= 0.3 is 0 Å². The third-order valence-electron chi connectivity index (χ3n) is 3.33. The Morgan fingerprint density at radius 1 is 1.28 bits per heavy atom. The number of ether oxygens (including phenoxy) is 1. The summed E-state index contributed by atoms with van der Waals surface area (Å²) in [6.45, 7) is 3.96. The van der Waals surface area contributed by atoms with Crippen LogP contribution in [0.4, 0.5) is 0 Å². The number of phenols is 3. The smallest absolute Gasteiger partial charge is 0.200 e. The van der Waals surface area contributed by atoms with Gasteiger partial charge in [-0.3, -0.25) is 0 Å². The zero-order chi connectivity index (χ0) is 13.2. The molecule has 1 heterocycles. The van der Waals surface area contributed by atoms with E-state index in [-0.39, 0.29) is 17.1 Å². The van der Waals surface area contributed by atoms with E-state index in [0.717, 1.165) is 19.4 Å². The Kier molecular flexibility index (Phi) is 3.63. The summed E-state index contributed by atoms with van der Waals surface area (Å²) in [5, 5.41) is 31.5. The number of nitrogens with one attached hydrogen (secondary N) is 1. The van der Waals surface area contributed by atoms with Gasteiger partial charge in [0, 0.05) is 25.3 Å². The Morgan fingerprint density at radius 2 is 2.06 bits per heavy atom. The van der Waals surface area contributed by atoms with Crippen LogP contribution in [0.1, 0.15) is 25.3 Å². The van der Waals surface area contributed by atoms with E-state index in [0.29, 0.717) is 18.7 Å². The minimum atomic E-state index is -0.474. The highest BCUT2D eigenvalue weighted by molar-refractivity contribution is 5.52. The van der Waals surface area contributed by atoms with Crippen LogP contribution in [0.2, 0.25) is 0 Å². The molecule has 18 heavy (non-hydrogen) atoms. The first-order chi connectivity index (χ1) is 8.52. The lowest BCUT2D eigenvalue weighted by Crippen LogP contribution is -2.36. The molecule has 0 aliphatic carbocycles. The largest absolute Gasteiger partial charge is 0.504 e. The van der Waals surface area contributed by atoms with E-state index < -0.39 is 5.75 Å². The van der Waals surface area contributed by atoms with Gasteiger partial charge in [-0.1, -0.05) is 6.07 Å². The highest BCUT2D eigenvalue weighted by Gasteiger charge is 2.29. The minimum Gasteiger partial charge on any atom is -0.504 e. The maximum absolute atomic E-state index is 9.65. The van der Waals surface area contributed by atoms with E-state index in [2.05, 4.69) is 12.2 Å². The fraction of sp³-hybridized carbons (Fsp3) is 0.538. The summed E-state index contributed by atoms with van der Waals surface area (Å²) in [4.78, 5) is 0. The Hall–Kier alpha value is -1.46. The zero-order valence-electron chi connectivity index (χ0n) is 10.4. The van der Waals surface area contributed by atoms with Crippen molar-refractivity contribution >= 4 is 0 Å². The van der Waals surface area contributed by atoms with E-state index in [4.69, 9.17) is 4.74 Å². The fourth-order valence-corrected chi connectivity index (χ4v) is 2.19. The number of aromatic hydroxyl groups is 3. The van der Waals surface area contributed by atoms with Crippen LogP contribution in [0.15, 0.2) is 12.1 Å². The van der Waals surface area contributed by atoms with E-state index in [1.165, 1.54) is 6.07 Å². The summed E-state index contributed by atoms with van der Waals surface area (Å²) >= 11 is 0. The normalized spacial score (nSPS) is 23.4. The highest BCUT2D eigenvalue weighted by Crippen LogP contribution is 2.36. The van der Waals surface area contributed by atoms with Crippen molar-refractivity contribution in [2.75, 3.05) is 13.2 Å². The molecule has 1 fully saturated rings. The molecule has 2 rings (SSSR count). The van der Waals surface area contributed by atoms with Crippen molar-refractivity contribution in [3.05, 3.63) is 17.7 Å². The highest BCUT2D eigenvalue weighted by atomic mass is 16.5. The predicted octanol–water partition coefficient (Wildman–Crippen LogP) is 1.46. The number of benzene rings is 1. The minimum absolute atomic E-state index is 0.144. The second-order valence-corrected chi connectivity index (χ2v) is 4.95. The van der Waals surface area contributed by atoms with Crippen molar-refractivity contribution in [2.24, 2.45) is 0 Å². The van der Waals surface area contributed by atoms with Gasteiger partial charge in [0.2, 0.25) is 5.75 Å². The van der Waals surface area contributed by atoms with Crippen LogP contribution in [0, 0.1) is 0 Å². The third-order valence-corrected chi connectivity index (χ3v) is 3.33. The average molecular weight is 253 g/mol. The van der Waals surface area contributed by atoms with Gasteiger partial charge < -0.3 is 25.4 Å². The summed E-state index contributed by atoms with van der Waals surface area (Å²) < 4.78 is 5.64. The quantitative estimate of drug-likeness (QED) is 0.611. The number of phenolic OH excluding ortho intramolecular Hbond substituents is 3. The molecule has 0 spiro atoms. The molecule has 100 valence electrons. The van der Waals surface area contributed by atoms with Crippen molar-refractivity contribution in [2.45, 2.75) is 31.9 Å². The summed E-state index contributed by atoms with van der Waals surface area (Å²) in [5.74, 6) is -1.07. The van der Waals surface area contributed by atoms with Crippen molar-refractivity contribution in [3.8, 4) is 17.2 Å². The van der Waals surface area contributed by atoms with Crippen LogP contribution in [0.3, 0.4) is 0 Å². The summed E-state index contributed by atoms with van der Waals surface area (Å²) in [7, 11) is 0. The second-order valence-electron chi connectivity index (χ2n) is 4.95. The summed E-state index contributed by atoms with van der Waals surface area (Å²) in [6.07, 6.45) is 2.09. The average Bonchev–Trinajstić information content (AvgIpc) is 2.77. The first kappa shape index (κ1) is 13.0. The second kappa shape index (κ2) is 5.04. The van der Waals surface area contributed by atoms with Gasteiger partial charge in [0.05, 0.1) is 5.60 Å². The Balaban J connectivity index is 1.92. The first-order valence-electron chi connectivity index (χ1n) is 6.09. The molecular formula is C13H19NO4. The molecule has 1 aromatic carbocycles. The van der Waals surface area contributed by atoms with Crippen LogP contribution >= 0.6 is 0 Å². The summed E-state index contributed by atoms with van der Waals surface area (Å²) in [6, 6.07) is 2.94. The van der Waals surface area contributed by atoms with E-state index >= 15 is 0 Å². The number of rotatable bonds is 4. The third kappa shape index (κ3) is 2.68. The molecule has 0 bridgehead atoms. The number of hydrogen-bond donors (Lipinski definition) is 4. The predicted molar refractivity (Wildman–Crippen MR) is 66.7 cm³/mol. The van der Waals surface area contributed by atoms with Crippen LogP contribution in [-0.2, 0) is 11.3 Å². The molecule has 1 aliphatic rings. The van der Waals surface area contributed by atoms with Crippen LogP contribution in [-0.4, -0.2) is 34.1 Å². The lowest BCUT2D eigenvalue weighted by Gasteiger charge is -2.23. The van der Waals surface area contributed by atoms with Gasteiger partial charge in [0.1, 0.15) is 0 Å². The number of hydrogen-bond acceptors (Lipinski definition) is 5. The molecule has 0 radical (unpaired) electrons. The monoisotopic (exact) mass is 253 g/mol. The molecular weight excluding hydrogens is 234 g/mol. The fourth-order valence-electron chi connectivity index (χ4n) is 2.19. The SMILES string of the molecule is CC1(CNCc2ccc(O)c(O)c2O)CCCO1. The molecule has 5 heteroatoms. The zero-order valence-corrected chi connectivity index (χ0v) is 10.4. The summed E-state index contributed by atoms with van der Waals surface area (Å²) in [5.41, 5.74) is 0.404. The standard InChI is InChI=1S/C13H19NO4/c1-13(5-2-6-18-13)8-14-7-9-3-4-10(15)12(17)11(9)16/h3-4,14-17H,2,5-8H2,1H3. The first-order valence-corrected chi connectivity index (χ1v) is 6.09. The maximum Gasteiger partial charge on any atom is 0.200 e. The molecule has 1 unspecified atom stereocenters. The van der Waals surface area contributed by atoms with Gasteiger partial charge in [-0.15, -0.1) is 0 Å². The van der Waals surface area contributed by atoms with Gasteiger partial charge in [0.15, 0.2) is 11.5 Å². The van der Waals surface area contributed by atoms with Crippen molar-refractivity contribution < 1.29 is 20.1 Å². The van der Waals surface area contributed by atoms with Crippen molar-refractivity contribution in [3.63, 3.8) is 0 Å². The van der Waals surface area contributed by atoms with Gasteiger partial charge in [-0.25, -0.2) is 0 Å². The lowest BCUT2D eigenvalue weighted by atomic mass is 10.0. The molecule has 0 aromatic heterocycles. The van der Waals surface area contributed by atoms with Gasteiger partial charge in [-0.2, -0.15) is 0 Å². The van der Waals surface area contributed by atoms with E-state index in [1.807, 2.05) is 0 Å². The van der Waals surface area contributed by atoms with Gasteiger partial charge in [-0.05, 0) is 25.8 Å². The molecule has 1 saturated heterocycles. The maximum atomic E-state index is 9.65. The lowest BCUT2D eigenvalue weighted by molar-refractivity contribution is 0.0206. The van der Waals surface area contributed by atoms with E-state index in [9.17, 15) is 15.3 Å². The Bertz CT molecular complexity index is 427. The van der Waals surface area contributed by atoms with E-state index in [1.54, 1.807) is 6.07 Å². The molecule has 1 atom stereocenters. The molecule has 4 N–H and O–H groups in total. The van der Waals surface area contributed by atoms with Crippen molar-refractivity contribution in [1.29, 1.82) is 0 Å². The van der Waals surface area contributed by atoms with Crippen LogP contribution in [0.25, 0.3) is 0 Å². The Morgan fingerprint density at radius 3 is 2.72 bits per heavy atom. The Labute approximate surface area is 106 Å². The molecule has 1 aliphatic heterocycles. The molecule has 5 nitrogen and oxygen atoms in total. The van der Waals surface area contributed by atoms with Crippen molar-refractivity contribution in [1.82, 2.24) is 5.32 Å². The topological polar surface area (TPSA) is 82.0 Å². The van der Waals surface area contributed by atoms with Crippen LogP contribution in [0.5, 0.6) is 17.2 Å².